The Hall–Kier alpha value is -2.05. The molecule has 17 unspecified atom stereocenters. The summed E-state index contributed by atoms with van der Waals surface area (Å²) in [6.07, 6.45) is -66.1. The lowest BCUT2D eigenvalue weighted by Crippen LogP contribution is -2.67. The fourth-order valence-corrected chi connectivity index (χ4v) is 12.7. The van der Waals surface area contributed by atoms with Crippen LogP contribution in [0.4, 0.5) is 0 Å². The summed E-state index contributed by atoms with van der Waals surface area (Å²) >= 11 is 0. The van der Waals surface area contributed by atoms with Gasteiger partial charge in [0.2, 0.25) is 0 Å². The number of hydrogen-bond donors (Lipinski definition) is 24. The Balaban J connectivity index is 0.984. The molecule has 8 aliphatic rings. The Morgan fingerprint density at radius 2 is 0.821 bits per heavy atom. The molecular formula is C55H95NO39. The van der Waals surface area contributed by atoms with Crippen LogP contribution in [0, 0.1) is 17.8 Å². The molecule has 8 aliphatic heterocycles. The Bertz CT molecular complexity index is 2360. The quantitative estimate of drug-likeness (QED) is 0.0404. The van der Waals surface area contributed by atoms with Crippen LogP contribution in [0.3, 0.4) is 0 Å². The maximum atomic E-state index is 12.7. The van der Waals surface area contributed by atoms with Crippen LogP contribution < -0.4 is 5.73 Å². The lowest BCUT2D eigenvalue weighted by Gasteiger charge is -2.50. The van der Waals surface area contributed by atoms with Gasteiger partial charge in [0.15, 0.2) is 37.7 Å². The number of aliphatic hydroxyl groups is 22. The van der Waals surface area contributed by atoms with Crippen LogP contribution in [-0.4, -0.2) is 409 Å². The fraction of sp³-hybridized carbons (Fsp3) is 0.982. The highest BCUT2D eigenvalue weighted by atomic mass is 16.8. The van der Waals surface area contributed by atoms with Crippen molar-refractivity contribution in [3.63, 3.8) is 0 Å². The Morgan fingerprint density at radius 1 is 0.432 bits per heavy atom. The van der Waals surface area contributed by atoms with Crippen molar-refractivity contribution in [2.45, 2.75) is 267 Å². The lowest BCUT2D eigenvalue weighted by atomic mass is 9.88. The van der Waals surface area contributed by atoms with Crippen molar-refractivity contribution >= 4 is 5.97 Å². The van der Waals surface area contributed by atoms with Gasteiger partial charge in [-0.25, -0.2) is 4.79 Å². The van der Waals surface area contributed by atoms with Crippen LogP contribution in [-0.2, 0) is 75.8 Å². The lowest BCUT2D eigenvalue weighted by molar-refractivity contribution is -0.392. The SMILES string of the molecule is CC1C(O)[C@H](O[C@@H]2OC(CO[C@]3(C(=O)O)C[C@@H](O)[C@@H](N)C(C(O)[C@H](O)CO)O3)[C@H](O)C(O)[C@@H]2O)[C@H](CO)O[C@H]1O[C@@H]1C(O)[C@H](O)C(CO)O[C@@H]1OCC1O[C@@H](O[C@@H]2C(CO)O[C@@H](O[C@@H]3C(CO)O[C@@H](C)[C@@H](C)C3O)[C@@H](C)C2O)[C@H](O)C(OC2O[C@H](CO)[C@@H](O)C(O)C2O)[C@@H]1O. The zero-order chi connectivity index (χ0) is 70.1. The van der Waals surface area contributed by atoms with E-state index >= 15 is 0 Å². The smallest absolute Gasteiger partial charge is 0.364 e. The topological polar surface area (TPSA) is 647 Å². The summed E-state index contributed by atoms with van der Waals surface area (Å²) in [6.45, 7) is -1.43. The van der Waals surface area contributed by atoms with Gasteiger partial charge in [0.05, 0.1) is 89.4 Å². The summed E-state index contributed by atoms with van der Waals surface area (Å²) in [6, 6.07) is -1.53. The number of carboxylic acids is 1. The van der Waals surface area contributed by atoms with Crippen LogP contribution in [0.15, 0.2) is 0 Å². The number of ether oxygens (including phenoxy) is 15. The Morgan fingerprint density at radius 3 is 1.31 bits per heavy atom. The highest BCUT2D eigenvalue weighted by Gasteiger charge is 2.60. The molecule has 8 rings (SSSR count). The first-order valence-electron chi connectivity index (χ1n) is 31.2. The standard InChI is InChI=1S/C55H95NO39/c1-14-17(4)83-22(9-60)42(28(14)65)90-48-15(2)29(66)44(24(11-62)86-48)92-52-41(78)46(93-50-39(76)36(73)32(69)20(7-58)84-50)35(72)25(88-52)12-81-53-47(38(75)33(70)21(8-59)85-53)94-49-16(3)30(67)43(23(10-61)87-49)91-51-40(77)37(74)34(71)26(89-51)13-82-55(54(79)80)5-18(63)27(56)45(95-55)31(68)19(64)6-57/h14-53,57-78H,5-13,56H2,1-4H3,(H,79,80)/t14-,15+,16?,17+,18-,19-,20-,21?,22?,23+,24?,25?,26?,27-,28?,29?,30?,31?,32-,33-,34+,35-,36?,37?,38?,39?,40+,41-,42-,43-,44-,45?,46?,47-,48+,49+,50?,51+,52+,53+,55-/m1/s1. The van der Waals surface area contributed by atoms with Crippen molar-refractivity contribution in [2.75, 3.05) is 52.9 Å². The Labute approximate surface area is 541 Å². The molecule has 0 aromatic heterocycles. The van der Waals surface area contributed by atoms with E-state index in [2.05, 4.69) is 0 Å². The molecule has 95 heavy (non-hydrogen) atoms. The van der Waals surface area contributed by atoms with E-state index in [0.29, 0.717) is 0 Å². The summed E-state index contributed by atoms with van der Waals surface area (Å²) in [5, 5.41) is 249. The third-order valence-electron chi connectivity index (χ3n) is 19.1. The molecule has 8 heterocycles. The van der Waals surface area contributed by atoms with Gasteiger partial charge in [-0.3, -0.25) is 0 Å². The molecule has 0 amide bonds. The molecule has 8 fully saturated rings. The average Bonchev–Trinajstić information content (AvgIpc) is 0.793. The minimum absolute atomic E-state index is 0.497. The molecule has 40 heteroatoms. The number of hydrogen-bond acceptors (Lipinski definition) is 39. The summed E-state index contributed by atoms with van der Waals surface area (Å²) in [4.78, 5) is 12.7. The third-order valence-corrected chi connectivity index (χ3v) is 19.1. The first-order chi connectivity index (χ1) is 44.8. The van der Waals surface area contributed by atoms with E-state index in [9.17, 15) is 122 Å². The summed E-state index contributed by atoms with van der Waals surface area (Å²) in [5.41, 5.74) is 5.93. The third kappa shape index (κ3) is 16.4. The highest BCUT2D eigenvalue weighted by molar-refractivity contribution is 5.76. The molecule has 0 aromatic carbocycles. The molecule has 0 spiro atoms. The van der Waals surface area contributed by atoms with E-state index in [1.807, 2.05) is 0 Å². The number of rotatable bonds is 25. The number of aliphatic carboxylic acids is 1. The second kappa shape index (κ2) is 33.4. The number of nitrogens with two attached hydrogens (primary N) is 1. The summed E-state index contributed by atoms with van der Waals surface area (Å²) in [7, 11) is 0. The predicted octanol–water partition coefficient (Wildman–Crippen LogP) is -14.4. The van der Waals surface area contributed by atoms with E-state index in [0.717, 1.165) is 0 Å². The van der Waals surface area contributed by atoms with Gasteiger partial charge in [0, 0.05) is 24.2 Å². The number of carboxylic acid groups (broad SMARTS) is 1. The molecule has 40 nitrogen and oxygen atoms in total. The van der Waals surface area contributed by atoms with Crippen molar-refractivity contribution in [1.82, 2.24) is 0 Å². The zero-order valence-corrected chi connectivity index (χ0v) is 51.9. The Kier molecular flexibility index (Phi) is 27.6. The average molecular weight is 1390 g/mol. The van der Waals surface area contributed by atoms with Gasteiger partial charge in [-0.1, -0.05) is 20.8 Å². The second-order valence-corrected chi connectivity index (χ2v) is 25.4. The van der Waals surface area contributed by atoms with Gasteiger partial charge in [0.25, 0.3) is 5.79 Å². The van der Waals surface area contributed by atoms with E-state index in [4.69, 9.17) is 76.8 Å². The van der Waals surface area contributed by atoms with Crippen LogP contribution in [0.1, 0.15) is 34.1 Å². The highest BCUT2D eigenvalue weighted by Crippen LogP contribution is 2.41. The van der Waals surface area contributed by atoms with Gasteiger partial charge in [-0.05, 0) is 6.92 Å². The van der Waals surface area contributed by atoms with Crippen molar-refractivity contribution in [3.8, 4) is 0 Å². The maximum absolute atomic E-state index is 12.7. The molecule has 0 saturated carbocycles. The normalized spacial score (nSPS) is 51.6. The predicted molar refractivity (Wildman–Crippen MR) is 297 cm³/mol. The van der Waals surface area contributed by atoms with E-state index in [-0.39, 0.29) is 0 Å². The summed E-state index contributed by atoms with van der Waals surface area (Å²) < 4.78 is 88.2. The van der Waals surface area contributed by atoms with E-state index in [1.54, 1.807) is 13.8 Å². The molecule has 0 bridgehead atoms. The minimum atomic E-state index is -2.90. The van der Waals surface area contributed by atoms with E-state index < -0.39 is 316 Å². The van der Waals surface area contributed by atoms with Crippen molar-refractivity contribution < 1.29 is 193 Å². The van der Waals surface area contributed by atoms with Crippen molar-refractivity contribution in [3.05, 3.63) is 0 Å². The molecule has 25 N–H and O–H groups in total. The van der Waals surface area contributed by atoms with Gasteiger partial charge in [0.1, 0.15) is 153 Å². The minimum Gasteiger partial charge on any atom is -0.477 e. The number of aliphatic hydroxyl groups excluding tert-OH is 22. The number of carbonyl (C=O) groups is 1. The van der Waals surface area contributed by atoms with Crippen molar-refractivity contribution in [1.29, 1.82) is 0 Å². The molecule has 41 atom stereocenters. The largest absolute Gasteiger partial charge is 0.477 e. The maximum Gasteiger partial charge on any atom is 0.364 e. The van der Waals surface area contributed by atoms with Gasteiger partial charge >= 0.3 is 5.97 Å². The molecule has 0 aromatic rings. The van der Waals surface area contributed by atoms with Crippen LogP contribution in [0.2, 0.25) is 0 Å². The first-order valence-corrected chi connectivity index (χ1v) is 31.2. The van der Waals surface area contributed by atoms with Gasteiger partial charge < -0.3 is 194 Å². The molecule has 554 valence electrons. The van der Waals surface area contributed by atoms with Crippen molar-refractivity contribution in [2.24, 2.45) is 23.5 Å². The second-order valence-electron chi connectivity index (χ2n) is 25.4. The first kappa shape index (κ1) is 78.7. The molecule has 0 aliphatic carbocycles. The summed E-state index contributed by atoms with van der Waals surface area (Å²) in [5.74, 6) is -7.78. The fourth-order valence-electron chi connectivity index (χ4n) is 12.7. The van der Waals surface area contributed by atoms with Crippen LogP contribution in [0.25, 0.3) is 0 Å². The molecular weight excluding hydrogens is 1300 g/mol. The van der Waals surface area contributed by atoms with Gasteiger partial charge in [-0.2, -0.15) is 0 Å². The molecule has 0 radical (unpaired) electrons. The van der Waals surface area contributed by atoms with E-state index in [1.165, 1.54) is 13.8 Å². The van der Waals surface area contributed by atoms with Gasteiger partial charge in [-0.15, -0.1) is 0 Å². The van der Waals surface area contributed by atoms with Crippen LogP contribution in [0.5, 0.6) is 0 Å². The monoisotopic (exact) mass is 1390 g/mol. The van der Waals surface area contributed by atoms with Crippen LogP contribution >= 0.6 is 0 Å². The zero-order valence-electron chi connectivity index (χ0n) is 51.9. The molecule has 8 saturated heterocycles.